The summed E-state index contributed by atoms with van der Waals surface area (Å²) in [5, 5.41) is 0.465. The van der Waals surface area contributed by atoms with E-state index in [1.807, 2.05) is 18.4 Å². The second kappa shape index (κ2) is 11.7. The van der Waals surface area contributed by atoms with Crippen LogP contribution in [-0.4, -0.2) is 43.7 Å². The Hall–Kier alpha value is -2.85. The van der Waals surface area contributed by atoms with Gasteiger partial charge in [-0.15, -0.1) is 0 Å². The van der Waals surface area contributed by atoms with E-state index in [0.717, 1.165) is 0 Å². The number of hydrogen-bond acceptors (Lipinski definition) is 10. The van der Waals surface area contributed by atoms with Crippen molar-refractivity contribution >= 4 is 42.7 Å². The Bertz CT molecular complexity index is 1220. The molecular weight excluding hydrogens is 495 g/mol. The summed E-state index contributed by atoms with van der Waals surface area (Å²) in [7, 11) is -2.56. The summed E-state index contributed by atoms with van der Waals surface area (Å²) < 4.78 is 22.5. The van der Waals surface area contributed by atoms with Gasteiger partial charge in [0.15, 0.2) is 22.8 Å². The van der Waals surface area contributed by atoms with Gasteiger partial charge in [0.2, 0.25) is 0 Å². The van der Waals surface area contributed by atoms with Crippen molar-refractivity contribution in [3.05, 3.63) is 41.4 Å². The van der Waals surface area contributed by atoms with Crippen LogP contribution >= 0.6 is 19.8 Å². The van der Waals surface area contributed by atoms with Crippen molar-refractivity contribution in [1.82, 2.24) is 19.5 Å². The molecule has 0 saturated carbocycles. The molecule has 0 fully saturated rings. The van der Waals surface area contributed by atoms with E-state index in [4.69, 9.17) is 31.3 Å². The number of nitrogens with zero attached hydrogens (tertiary/aromatic N) is 5. The molecule has 0 saturated heterocycles. The molecule has 0 aliphatic carbocycles. The van der Waals surface area contributed by atoms with Crippen molar-refractivity contribution in [2.75, 3.05) is 12.3 Å². The summed E-state index contributed by atoms with van der Waals surface area (Å²) in [4.78, 5) is 37.2. The van der Waals surface area contributed by atoms with Crippen LogP contribution in [0.1, 0.15) is 39.7 Å². The van der Waals surface area contributed by atoms with E-state index in [1.165, 1.54) is 20.2 Å². The highest BCUT2D eigenvalue weighted by atomic mass is 35.5. The Labute approximate surface area is 209 Å². The molecule has 1 aromatic carbocycles. The number of rotatable bonds is 11. The smallest absolute Gasteiger partial charge is 0.395 e. The molecule has 2 atom stereocenters. The van der Waals surface area contributed by atoms with Crippen molar-refractivity contribution < 1.29 is 23.7 Å². The lowest BCUT2D eigenvalue weighted by molar-refractivity contribution is -0.170. The van der Waals surface area contributed by atoms with Gasteiger partial charge in [-0.3, -0.25) is 4.52 Å². The fourth-order valence-corrected chi connectivity index (χ4v) is 4.14. The fourth-order valence-electron chi connectivity index (χ4n) is 3.06. The largest absolute Gasteiger partial charge is 0.575 e. The summed E-state index contributed by atoms with van der Waals surface area (Å²) in [6.45, 7) is 7.67. The van der Waals surface area contributed by atoms with Gasteiger partial charge in [0.1, 0.15) is 11.8 Å². The number of anilines is 1. The summed E-state index contributed by atoms with van der Waals surface area (Å²) in [5.74, 6) is 0.0287. The molecule has 0 spiro atoms. The monoisotopic (exact) mass is 522 g/mol. The van der Waals surface area contributed by atoms with Crippen LogP contribution in [0.15, 0.2) is 35.6 Å². The Morgan fingerprint density at radius 1 is 1.34 bits per heavy atom. The van der Waals surface area contributed by atoms with Gasteiger partial charge in [-0.25, -0.2) is 19.7 Å². The van der Waals surface area contributed by atoms with Gasteiger partial charge in [0.05, 0.1) is 32.2 Å². The number of nitrogen functional groups attached to an aromatic ring is 1. The molecule has 0 amide bonds. The minimum atomic E-state index is -2.56. The molecule has 13 heteroatoms. The summed E-state index contributed by atoms with van der Waals surface area (Å²) in [6, 6.07) is 4.85. The van der Waals surface area contributed by atoms with Crippen molar-refractivity contribution in [2.24, 2.45) is 4.74 Å². The molecule has 0 aliphatic heterocycles. The number of nitrogens with two attached hydrogens (primary N) is 1. The zero-order valence-electron chi connectivity index (χ0n) is 20.0. The first-order valence-electron chi connectivity index (χ1n) is 11.0. The van der Waals surface area contributed by atoms with Crippen LogP contribution in [0.2, 0.25) is 5.02 Å². The topological polar surface area (TPSA) is 150 Å². The molecule has 2 unspecified atom stereocenters. The quantitative estimate of drug-likeness (QED) is 0.294. The number of benzene rings is 1. The van der Waals surface area contributed by atoms with Crippen molar-refractivity contribution in [2.45, 2.75) is 58.9 Å². The number of carbonyl (C=O) groups excluding carboxylic acids is 1. The lowest BCUT2D eigenvalue weighted by Crippen LogP contribution is -2.31. The van der Waals surface area contributed by atoms with Crippen molar-refractivity contribution in [3.63, 3.8) is 0 Å². The van der Waals surface area contributed by atoms with Gasteiger partial charge in [-0.2, -0.15) is 0 Å². The van der Waals surface area contributed by atoms with E-state index < -0.39 is 19.7 Å². The highest BCUT2D eigenvalue weighted by Gasteiger charge is 2.33. The lowest BCUT2D eigenvalue weighted by atomic mass is 10.1. The number of carbonyl (C=O) groups is 1. The first-order chi connectivity index (χ1) is 16.6. The van der Waals surface area contributed by atoms with E-state index in [2.05, 4.69) is 19.7 Å². The van der Waals surface area contributed by atoms with Gasteiger partial charge in [0.25, 0.3) is 0 Å². The maximum Gasteiger partial charge on any atom is 0.395 e. The summed E-state index contributed by atoms with van der Waals surface area (Å²) in [5.41, 5.74) is 6.24. The van der Waals surface area contributed by atoms with Crippen LogP contribution in [0.4, 0.5) is 5.82 Å². The number of hydrogen-bond donors (Lipinski definition) is 1. The molecule has 11 nitrogen and oxygen atoms in total. The summed E-state index contributed by atoms with van der Waals surface area (Å²) >= 11 is 6.15. The molecule has 188 valence electrons. The molecule has 3 rings (SSSR count). The van der Waals surface area contributed by atoms with E-state index in [1.54, 1.807) is 24.5 Å². The molecule has 35 heavy (non-hydrogen) atoms. The van der Waals surface area contributed by atoms with Gasteiger partial charge >= 0.3 is 14.1 Å². The highest BCUT2D eigenvalue weighted by molar-refractivity contribution is 7.34. The van der Waals surface area contributed by atoms with Gasteiger partial charge in [-0.1, -0.05) is 23.3 Å². The van der Waals surface area contributed by atoms with Crippen LogP contribution < -0.4 is 15.2 Å². The maximum absolute atomic E-state index is 12.6. The molecular formula is C22H28ClN6O5P. The number of halogens is 1. The number of esters is 1. The SMILES string of the molecule is CCCOC(=O)C(C)(C)/N=[P+](\[O-])Oc1ccc(Cl)cc1COC(C)Cn1cnc2c(N)ncnc21. The molecule has 0 radical (unpaired) electrons. The maximum atomic E-state index is 12.6. The zero-order chi connectivity index (χ0) is 25.6. The third-order valence-corrected chi connectivity index (χ3v) is 6.13. The Morgan fingerprint density at radius 2 is 2.11 bits per heavy atom. The van der Waals surface area contributed by atoms with E-state index in [0.29, 0.717) is 40.5 Å². The van der Waals surface area contributed by atoms with Crippen LogP contribution in [-0.2, 0) is 27.4 Å². The first kappa shape index (κ1) is 26.7. The van der Waals surface area contributed by atoms with E-state index in [9.17, 15) is 9.69 Å². The Morgan fingerprint density at radius 3 is 2.86 bits per heavy atom. The standard InChI is InChI=1S/C22H28ClN6O5P/c1-5-8-32-21(30)22(3,4)28-35(31)34-17-7-6-16(23)9-15(17)11-33-14(2)10-29-13-27-18-19(24)25-12-26-20(18)29/h6-7,9,12-14H,5,8,10-11H2,1-4H3,(H2,24,25,26). The molecule has 2 aromatic heterocycles. The molecule has 0 aliphatic rings. The van der Waals surface area contributed by atoms with Gasteiger partial charge in [0, 0.05) is 10.6 Å². The average molecular weight is 523 g/mol. The van der Waals surface area contributed by atoms with Crippen LogP contribution in [0.25, 0.3) is 11.2 Å². The lowest BCUT2D eigenvalue weighted by Gasteiger charge is -2.16. The number of imidazole rings is 1. The average Bonchev–Trinajstić information content (AvgIpc) is 3.21. The molecule has 2 heterocycles. The third kappa shape index (κ3) is 7.08. The number of aromatic nitrogens is 4. The highest BCUT2D eigenvalue weighted by Crippen LogP contribution is 2.32. The number of fused-ring (bicyclic) bond motifs is 1. The molecule has 2 N–H and O–H groups in total. The predicted octanol–water partition coefficient (Wildman–Crippen LogP) is 3.63. The molecule has 0 bridgehead atoms. The zero-order valence-corrected chi connectivity index (χ0v) is 21.6. The van der Waals surface area contributed by atoms with Gasteiger partial charge in [-0.05, 0) is 45.4 Å². The van der Waals surface area contributed by atoms with Gasteiger partial charge < -0.3 is 24.7 Å². The van der Waals surface area contributed by atoms with E-state index in [-0.39, 0.29) is 25.1 Å². The minimum Gasteiger partial charge on any atom is -0.575 e. The predicted molar refractivity (Wildman–Crippen MR) is 131 cm³/mol. The Balaban J connectivity index is 1.68. The minimum absolute atomic E-state index is 0.131. The normalized spacial score (nSPS) is 13.1. The first-order valence-corrected chi connectivity index (χ1v) is 12.5. The Kier molecular flexibility index (Phi) is 8.96. The third-order valence-electron chi connectivity index (χ3n) is 4.87. The second-order valence-corrected chi connectivity index (χ2v) is 9.62. The van der Waals surface area contributed by atoms with E-state index >= 15 is 0 Å². The van der Waals surface area contributed by atoms with Crippen LogP contribution in [0, 0.1) is 0 Å². The van der Waals surface area contributed by atoms with Crippen molar-refractivity contribution in [3.8, 4) is 5.75 Å². The van der Waals surface area contributed by atoms with Crippen LogP contribution in [0.3, 0.4) is 0 Å². The summed E-state index contributed by atoms with van der Waals surface area (Å²) in [6.07, 6.45) is 3.44. The second-order valence-electron chi connectivity index (χ2n) is 8.33. The van der Waals surface area contributed by atoms with Crippen molar-refractivity contribution in [1.29, 1.82) is 0 Å². The fraction of sp³-hybridized carbons (Fsp3) is 0.455. The van der Waals surface area contributed by atoms with Crippen LogP contribution in [0.5, 0.6) is 5.75 Å². The molecule has 3 aromatic rings. The number of ether oxygens (including phenoxy) is 2.